The highest BCUT2D eigenvalue weighted by molar-refractivity contribution is 14.1. The molecule has 1 N–H and O–H groups in total. The molecule has 3 nitrogen and oxygen atoms in total. The molecular formula is C13H15FINO2. The topological polar surface area (TPSA) is 38.3 Å². The minimum atomic E-state index is -0.327. The van der Waals surface area contributed by atoms with Crippen LogP contribution in [0.3, 0.4) is 0 Å². The summed E-state index contributed by atoms with van der Waals surface area (Å²) in [5, 5.41) is 2.97. The van der Waals surface area contributed by atoms with Gasteiger partial charge in [-0.1, -0.05) is 0 Å². The number of halogens is 2. The van der Waals surface area contributed by atoms with Crippen LogP contribution in [0, 0.1) is 9.39 Å². The Labute approximate surface area is 119 Å². The van der Waals surface area contributed by atoms with Gasteiger partial charge in [-0.2, -0.15) is 0 Å². The summed E-state index contributed by atoms with van der Waals surface area (Å²) < 4.78 is 18.9. The fraction of sp³-hybridized carbons (Fsp3) is 0.462. The molecule has 1 aromatic rings. The maximum Gasteiger partial charge on any atom is 0.252 e. The van der Waals surface area contributed by atoms with Crippen LogP contribution >= 0.6 is 22.6 Å². The van der Waals surface area contributed by atoms with Crippen molar-refractivity contribution in [3.8, 4) is 0 Å². The van der Waals surface area contributed by atoms with Gasteiger partial charge in [0.15, 0.2) is 0 Å². The number of benzene rings is 1. The minimum Gasteiger partial charge on any atom is -0.379 e. The number of carbonyl (C=O) groups is 1. The Hall–Kier alpha value is -0.690. The molecule has 1 aliphatic rings. The van der Waals surface area contributed by atoms with Gasteiger partial charge in [0.2, 0.25) is 0 Å². The van der Waals surface area contributed by atoms with Crippen LogP contribution in [-0.2, 0) is 4.74 Å². The van der Waals surface area contributed by atoms with Gasteiger partial charge in [-0.15, -0.1) is 0 Å². The highest BCUT2D eigenvalue weighted by Gasteiger charge is 2.28. The first kappa shape index (κ1) is 13.7. The highest BCUT2D eigenvalue weighted by Crippen LogP contribution is 2.22. The van der Waals surface area contributed by atoms with Crippen LogP contribution < -0.4 is 5.32 Å². The molecule has 1 fully saturated rings. The largest absolute Gasteiger partial charge is 0.379 e. The van der Waals surface area contributed by atoms with Crippen LogP contribution in [0.4, 0.5) is 4.39 Å². The lowest BCUT2D eigenvalue weighted by Crippen LogP contribution is -2.41. The van der Waals surface area contributed by atoms with E-state index in [2.05, 4.69) is 5.32 Å². The van der Waals surface area contributed by atoms with Crippen molar-refractivity contribution in [2.45, 2.75) is 31.4 Å². The normalized spacial score (nSPS) is 23.1. The standard InChI is InChI=1S/C13H15FINO2/c1-18-12-4-2-3-11(12)16-13(17)9-6-5-8(14)7-10(9)15/h5-7,11-12H,2-4H2,1H3,(H,16,17). The Morgan fingerprint density at radius 2 is 2.28 bits per heavy atom. The summed E-state index contributed by atoms with van der Waals surface area (Å²) in [5.41, 5.74) is 0.513. The predicted molar refractivity (Wildman–Crippen MR) is 75.0 cm³/mol. The van der Waals surface area contributed by atoms with Crippen LogP contribution in [0.1, 0.15) is 29.6 Å². The molecule has 0 saturated heterocycles. The highest BCUT2D eigenvalue weighted by atomic mass is 127. The summed E-state index contributed by atoms with van der Waals surface area (Å²) in [7, 11) is 1.66. The van der Waals surface area contributed by atoms with E-state index in [-0.39, 0.29) is 23.9 Å². The van der Waals surface area contributed by atoms with Gasteiger partial charge < -0.3 is 10.1 Å². The lowest BCUT2D eigenvalue weighted by molar-refractivity contribution is 0.0721. The Bertz CT molecular complexity index is 453. The molecule has 98 valence electrons. The second-order valence-electron chi connectivity index (χ2n) is 4.41. The first-order valence-corrected chi connectivity index (χ1v) is 6.98. The van der Waals surface area contributed by atoms with E-state index in [4.69, 9.17) is 4.74 Å². The van der Waals surface area contributed by atoms with Gasteiger partial charge in [0.1, 0.15) is 5.82 Å². The van der Waals surface area contributed by atoms with E-state index in [9.17, 15) is 9.18 Å². The number of ether oxygens (including phenoxy) is 1. The lowest BCUT2D eigenvalue weighted by Gasteiger charge is -2.19. The Kier molecular flexibility index (Phi) is 4.55. The molecule has 5 heteroatoms. The van der Waals surface area contributed by atoms with Crippen LogP contribution in [0.5, 0.6) is 0 Å². The van der Waals surface area contributed by atoms with Gasteiger partial charge in [0, 0.05) is 10.7 Å². The third-order valence-corrected chi connectivity index (χ3v) is 4.14. The maximum atomic E-state index is 13.0. The van der Waals surface area contributed by atoms with Crippen LogP contribution in [-0.4, -0.2) is 25.2 Å². The molecule has 1 aromatic carbocycles. The molecule has 0 radical (unpaired) electrons. The first-order valence-electron chi connectivity index (χ1n) is 5.90. The molecule has 2 atom stereocenters. The summed E-state index contributed by atoms with van der Waals surface area (Å²) in [6.07, 6.45) is 3.06. The fourth-order valence-corrected chi connectivity index (χ4v) is 3.02. The summed E-state index contributed by atoms with van der Waals surface area (Å²) in [6.45, 7) is 0. The van der Waals surface area contributed by atoms with Crippen molar-refractivity contribution >= 4 is 28.5 Å². The van der Waals surface area contributed by atoms with Crippen LogP contribution in [0.2, 0.25) is 0 Å². The SMILES string of the molecule is COC1CCCC1NC(=O)c1ccc(F)cc1I. The van der Waals surface area contributed by atoms with Gasteiger partial charge in [0.05, 0.1) is 17.7 Å². The molecule has 18 heavy (non-hydrogen) atoms. The first-order chi connectivity index (χ1) is 8.61. The van der Waals surface area contributed by atoms with Crippen LogP contribution in [0.15, 0.2) is 18.2 Å². The number of rotatable bonds is 3. The van der Waals surface area contributed by atoms with Gasteiger partial charge in [0.25, 0.3) is 5.91 Å². The van der Waals surface area contributed by atoms with Crippen molar-refractivity contribution in [3.05, 3.63) is 33.1 Å². The number of nitrogens with one attached hydrogen (secondary N) is 1. The number of methoxy groups -OCH3 is 1. The zero-order chi connectivity index (χ0) is 13.1. The van der Waals surface area contributed by atoms with E-state index in [0.29, 0.717) is 9.13 Å². The molecule has 2 unspecified atom stereocenters. The Balaban J connectivity index is 2.07. The quantitative estimate of drug-likeness (QED) is 0.839. The van der Waals surface area contributed by atoms with E-state index in [1.165, 1.54) is 18.2 Å². The molecule has 0 aliphatic heterocycles. The van der Waals surface area contributed by atoms with Crippen LogP contribution in [0.25, 0.3) is 0 Å². The van der Waals surface area contributed by atoms with Gasteiger partial charge in [-0.25, -0.2) is 4.39 Å². The fourth-order valence-electron chi connectivity index (χ4n) is 2.29. The second-order valence-corrected chi connectivity index (χ2v) is 5.57. The van der Waals surface area contributed by atoms with E-state index in [1.54, 1.807) is 7.11 Å². The third kappa shape index (κ3) is 3.00. The number of carbonyl (C=O) groups excluding carboxylic acids is 1. The Morgan fingerprint density at radius 3 is 2.94 bits per heavy atom. The van der Waals surface area contributed by atoms with Crippen molar-refractivity contribution in [2.24, 2.45) is 0 Å². The molecule has 1 saturated carbocycles. The molecular weight excluding hydrogens is 348 g/mol. The molecule has 1 aliphatic carbocycles. The average Bonchev–Trinajstić information content (AvgIpc) is 2.76. The summed E-state index contributed by atoms with van der Waals surface area (Å²) in [5.74, 6) is -0.486. The van der Waals surface area contributed by atoms with Crippen molar-refractivity contribution in [1.29, 1.82) is 0 Å². The zero-order valence-electron chi connectivity index (χ0n) is 10.1. The van der Waals surface area contributed by atoms with E-state index < -0.39 is 0 Å². The van der Waals surface area contributed by atoms with Gasteiger partial charge in [-0.3, -0.25) is 4.79 Å². The maximum absolute atomic E-state index is 13.0. The monoisotopic (exact) mass is 363 g/mol. The molecule has 0 bridgehead atoms. The van der Waals surface area contributed by atoms with Crippen molar-refractivity contribution < 1.29 is 13.9 Å². The number of amides is 1. The summed E-state index contributed by atoms with van der Waals surface area (Å²) in [6, 6.07) is 4.24. The number of hydrogen-bond acceptors (Lipinski definition) is 2. The predicted octanol–water partition coefficient (Wildman–Crippen LogP) is 2.73. The van der Waals surface area contributed by atoms with E-state index in [0.717, 1.165) is 19.3 Å². The van der Waals surface area contributed by atoms with E-state index in [1.807, 2.05) is 22.6 Å². The van der Waals surface area contributed by atoms with Crippen molar-refractivity contribution in [3.63, 3.8) is 0 Å². The summed E-state index contributed by atoms with van der Waals surface area (Å²) in [4.78, 5) is 12.1. The van der Waals surface area contributed by atoms with Gasteiger partial charge >= 0.3 is 0 Å². The molecule has 0 aromatic heterocycles. The summed E-state index contributed by atoms with van der Waals surface area (Å²) >= 11 is 1.97. The average molecular weight is 363 g/mol. The van der Waals surface area contributed by atoms with Crippen molar-refractivity contribution in [2.75, 3.05) is 7.11 Å². The van der Waals surface area contributed by atoms with E-state index >= 15 is 0 Å². The second kappa shape index (κ2) is 5.97. The number of hydrogen-bond donors (Lipinski definition) is 1. The molecule has 1 amide bonds. The molecule has 0 spiro atoms. The third-order valence-electron chi connectivity index (χ3n) is 3.25. The van der Waals surface area contributed by atoms with Crippen molar-refractivity contribution in [1.82, 2.24) is 5.32 Å². The smallest absolute Gasteiger partial charge is 0.252 e. The zero-order valence-corrected chi connectivity index (χ0v) is 12.2. The Morgan fingerprint density at radius 1 is 1.50 bits per heavy atom. The molecule has 2 rings (SSSR count). The lowest BCUT2D eigenvalue weighted by atomic mass is 10.1. The van der Waals surface area contributed by atoms with Gasteiger partial charge in [-0.05, 0) is 60.1 Å². The molecule has 0 heterocycles. The minimum absolute atomic E-state index is 0.0587.